The number of aromatic carboxylic acids is 1. The Morgan fingerprint density at radius 2 is 1.95 bits per heavy atom. The number of carboxylic acid groups (broad SMARTS) is 1. The van der Waals surface area contributed by atoms with Gasteiger partial charge in [0.05, 0.1) is 16.1 Å². The molecule has 0 bridgehead atoms. The SMILES string of the molecule is CCN(CC(C)(C)O)S(=O)(=O)c1ccc(N)cc1C(=O)O. The number of hydrogen-bond acceptors (Lipinski definition) is 5. The highest BCUT2D eigenvalue weighted by Crippen LogP contribution is 2.24. The molecule has 21 heavy (non-hydrogen) atoms. The Hall–Kier alpha value is -1.64. The van der Waals surface area contributed by atoms with E-state index in [0.29, 0.717) is 0 Å². The van der Waals surface area contributed by atoms with Crippen molar-refractivity contribution in [3.05, 3.63) is 23.8 Å². The second-order valence-electron chi connectivity index (χ2n) is 5.30. The zero-order chi connectivity index (χ0) is 16.4. The molecule has 0 atom stereocenters. The van der Waals surface area contributed by atoms with Crippen molar-refractivity contribution in [1.82, 2.24) is 4.31 Å². The van der Waals surface area contributed by atoms with Gasteiger partial charge in [-0.1, -0.05) is 6.92 Å². The van der Waals surface area contributed by atoms with Gasteiger partial charge in [-0.25, -0.2) is 13.2 Å². The molecule has 118 valence electrons. The topological polar surface area (TPSA) is 121 Å². The van der Waals surface area contributed by atoms with Gasteiger partial charge >= 0.3 is 5.97 Å². The third kappa shape index (κ3) is 4.16. The maximum atomic E-state index is 12.6. The van der Waals surface area contributed by atoms with E-state index >= 15 is 0 Å². The molecular formula is C13H20N2O5S. The van der Waals surface area contributed by atoms with Gasteiger partial charge in [0.2, 0.25) is 10.0 Å². The molecule has 1 rings (SSSR count). The lowest BCUT2D eigenvalue weighted by molar-refractivity contribution is 0.0601. The Morgan fingerprint density at radius 3 is 2.38 bits per heavy atom. The maximum Gasteiger partial charge on any atom is 0.337 e. The summed E-state index contributed by atoms with van der Waals surface area (Å²) in [4.78, 5) is 10.9. The van der Waals surface area contributed by atoms with Gasteiger partial charge in [-0.3, -0.25) is 0 Å². The van der Waals surface area contributed by atoms with Crippen LogP contribution in [0.4, 0.5) is 5.69 Å². The van der Waals surface area contributed by atoms with E-state index in [0.717, 1.165) is 10.4 Å². The first kappa shape index (κ1) is 17.4. The van der Waals surface area contributed by atoms with Crippen LogP contribution >= 0.6 is 0 Å². The summed E-state index contributed by atoms with van der Waals surface area (Å²) in [5.41, 5.74) is 4.05. The third-order valence-corrected chi connectivity index (χ3v) is 4.75. The number of nitrogens with two attached hydrogens (primary N) is 1. The van der Waals surface area contributed by atoms with E-state index < -0.39 is 21.6 Å². The lowest BCUT2D eigenvalue weighted by Crippen LogP contribution is -2.42. The zero-order valence-corrected chi connectivity index (χ0v) is 13.0. The Bertz CT molecular complexity index is 634. The smallest absolute Gasteiger partial charge is 0.337 e. The van der Waals surface area contributed by atoms with E-state index in [-0.39, 0.29) is 29.2 Å². The average Bonchev–Trinajstić information content (AvgIpc) is 2.34. The van der Waals surface area contributed by atoms with E-state index in [1.165, 1.54) is 26.0 Å². The van der Waals surface area contributed by atoms with Gasteiger partial charge in [0.15, 0.2) is 0 Å². The fourth-order valence-corrected chi connectivity index (χ4v) is 3.65. The predicted molar refractivity (Wildman–Crippen MR) is 78.5 cm³/mol. The van der Waals surface area contributed by atoms with E-state index in [1.54, 1.807) is 6.92 Å². The predicted octanol–water partition coefficient (Wildman–Crippen LogP) is 0.749. The van der Waals surface area contributed by atoms with Crippen molar-refractivity contribution >= 4 is 21.7 Å². The van der Waals surface area contributed by atoms with E-state index in [2.05, 4.69) is 0 Å². The van der Waals surface area contributed by atoms with Crippen LogP contribution in [0.2, 0.25) is 0 Å². The van der Waals surface area contributed by atoms with Crippen molar-refractivity contribution in [2.24, 2.45) is 0 Å². The van der Waals surface area contributed by atoms with Crippen molar-refractivity contribution in [3.8, 4) is 0 Å². The molecule has 0 saturated heterocycles. The van der Waals surface area contributed by atoms with Crippen LogP contribution in [-0.4, -0.2) is 47.6 Å². The van der Waals surface area contributed by atoms with E-state index in [4.69, 9.17) is 10.8 Å². The number of carboxylic acids is 1. The van der Waals surface area contributed by atoms with Crippen LogP contribution in [0.25, 0.3) is 0 Å². The van der Waals surface area contributed by atoms with Gasteiger partial charge in [0, 0.05) is 18.8 Å². The summed E-state index contributed by atoms with van der Waals surface area (Å²) in [7, 11) is -4.04. The highest BCUT2D eigenvalue weighted by Gasteiger charge is 2.31. The molecule has 1 aromatic rings. The summed E-state index contributed by atoms with van der Waals surface area (Å²) in [6.07, 6.45) is 0. The van der Waals surface area contributed by atoms with Crippen LogP contribution in [0.3, 0.4) is 0 Å². The number of benzene rings is 1. The quantitative estimate of drug-likeness (QED) is 0.666. The van der Waals surface area contributed by atoms with Crippen molar-refractivity contribution < 1.29 is 23.4 Å². The second kappa shape index (κ2) is 6.00. The number of hydrogen-bond donors (Lipinski definition) is 3. The summed E-state index contributed by atoms with van der Waals surface area (Å²) in [6.45, 7) is 4.53. The Kier molecular flexibility index (Phi) is 4.98. The fourth-order valence-electron chi connectivity index (χ4n) is 1.88. The number of sulfonamides is 1. The van der Waals surface area contributed by atoms with Crippen molar-refractivity contribution in [2.45, 2.75) is 31.3 Å². The number of rotatable bonds is 6. The number of aliphatic hydroxyl groups is 1. The summed E-state index contributed by atoms with van der Waals surface area (Å²) in [5, 5.41) is 19.0. The molecule has 7 nitrogen and oxygen atoms in total. The molecule has 0 spiro atoms. The van der Waals surface area contributed by atoms with Gasteiger partial charge in [0.1, 0.15) is 0 Å². The van der Waals surface area contributed by atoms with Gasteiger partial charge in [-0.05, 0) is 32.0 Å². The Labute approximate surface area is 124 Å². The number of likely N-dealkylation sites (N-methyl/N-ethyl adjacent to an activating group) is 1. The number of anilines is 1. The lowest BCUT2D eigenvalue weighted by atomic mass is 10.1. The summed E-state index contributed by atoms with van der Waals surface area (Å²) in [5.74, 6) is -1.37. The van der Waals surface area contributed by atoms with Crippen molar-refractivity contribution in [2.75, 3.05) is 18.8 Å². The average molecular weight is 316 g/mol. The molecule has 0 unspecified atom stereocenters. The lowest BCUT2D eigenvalue weighted by Gasteiger charge is -2.27. The monoisotopic (exact) mass is 316 g/mol. The first-order valence-corrected chi connectivity index (χ1v) is 7.78. The van der Waals surface area contributed by atoms with Crippen molar-refractivity contribution in [1.29, 1.82) is 0 Å². The molecule has 4 N–H and O–H groups in total. The van der Waals surface area contributed by atoms with Crippen molar-refractivity contribution in [3.63, 3.8) is 0 Å². The minimum absolute atomic E-state index is 0.107. The summed E-state index contributed by atoms with van der Waals surface area (Å²) >= 11 is 0. The number of nitrogens with zero attached hydrogens (tertiary/aromatic N) is 1. The highest BCUT2D eigenvalue weighted by molar-refractivity contribution is 7.89. The molecule has 0 heterocycles. The number of nitrogen functional groups attached to an aromatic ring is 1. The molecule has 0 aliphatic carbocycles. The van der Waals surface area contributed by atoms with E-state index in [9.17, 15) is 18.3 Å². The normalized spacial score (nSPS) is 12.6. The van der Waals surface area contributed by atoms with Crippen LogP contribution < -0.4 is 5.73 Å². The Morgan fingerprint density at radius 1 is 1.38 bits per heavy atom. The van der Waals surface area contributed by atoms with Gasteiger partial charge < -0.3 is 15.9 Å². The van der Waals surface area contributed by atoms with Crippen LogP contribution in [0, 0.1) is 0 Å². The summed E-state index contributed by atoms with van der Waals surface area (Å²) < 4.78 is 26.2. The second-order valence-corrected chi connectivity index (χ2v) is 7.21. The van der Waals surface area contributed by atoms with Crippen LogP contribution in [0.5, 0.6) is 0 Å². The minimum Gasteiger partial charge on any atom is -0.478 e. The molecular weight excluding hydrogens is 296 g/mol. The first-order valence-electron chi connectivity index (χ1n) is 6.34. The number of carbonyl (C=O) groups is 1. The largest absolute Gasteiger partial charge is 0.478 e. The van der Waals surface area contributed by atoms with E-state index in [1.807, 2.05) is 0 Å². The van der Waals surface area contributed by atoms with Gasteiger partial charge in [-0.15, -0.1) is 0 Å². The Balaban J connectivity index is 3.39. The molecule has 0 aliphatic heterocycles. The highest BCUT2D eigenvalue weighted by atomic mass is 32.2. The molecule has 0 fully saturated rings. The van der Waals surface area contributed by atoms with Crippen LogP contribution in [-0.2, 0) is 10.0 Å². The minimum atomic E-state index is -4.04. The maximum absolute atomic E-state index is 12.6. The van der Waals surface area contributed by atoms with Gasteiger partial charge in [-0.2, -0.15) is 4.31 Å². The van der Waals surface area contributed by atoms with Crippen LogP contribution in [0.1, 0.15) is 31.1 Å². The van der Waals surface area contributed by atoms with Gasteiger partial charge in [0.25, 0.3) is 0 Å². The standard InChI is InChI=1S/C13H20N2O5S/c1-4-15(8-13(2,3)18)21(19,20)11-6-5-9(14)7-10(11)12(16)17/h5-7,18H,4,8,14H2,1-3H3,(H,16,17). The molecule has 0 aromatic heterocycles. The molecule has 0 saturated carbocycles. The molecule has 0 amide bonds. The fraction of sp³-hybridized carbons (Fsp3) is 0.462. The molecule has 8 heteroatoms. The first-order chi connectivity index (χ1) is 9.49. The molecule has 1 aromatic carbocycles. The molecule has 0 radical (unpaired) electrons. The summed E-state index contributed by atoms with van der Waals surface area (Å²) in [6, 6.07) is 3.60. The zero-order valence-electron chi connectivity index (χ0n) is 12.2. The third-order valence-electron chi connectivity index (χ3n) is 2.77. The van der Waals surface area contributed by atoms with Crippen LogP contribution in [0.15, 0.2) is 23.1 Å². The molecule has 0 aliphatic rings.